The molecule has 0 N–H and O–H groups in total. The van der Waals surface area contributed by atoms with E-state index < -0.39 is 0 Å². The van der Waals surface area contributed by atoms with Crippen LogP contribution in [-0.2, 0) is 33.8 Å². The Bertz CT molecular complexity index is 1170. The van der Waals surface area contributed by atoms with Gasteiger partial charge >= 0.3 is 53.4 Å². The molecule has 0 bridgehead atoms. The van der Waals surface area contributed by atoms with E-state index in [9.17, 15) is 0 Å². The van der Waals surface area contributed by atoms with Gasteiger partial charge in [-0.3, -0.25) is 0 Å². The molecule has 0 unspecified atom stereocenters. The zero-order valence-electron chi connectivity index (χ0n) is 23.4. The molecule has 0 aromatic heterocycles. The van der Waals surface area contributed by atoms with Crippen LogP contribution in [0.3, 0.4) is 0 Å². The van der Waals surface area contributed by atoms with E-state index in [4.69, 9.17) is 0 Å². The number of hydrogen-bond donors (Lipinski definition) is 0. The Hall–Kier alpha value is -0.673. The fraction of sp³-hybridized carbons (Fsp3) is 0.438. The molecule has 36 heavy (non-hydrogen) atoms. The summed E-state index contributed by atoms with van der Waals surface area (Å²) in [4.78, 5) is 0. The molecule has 0 amide bonds. The van der Waals surface area contributed by atoms with Gasteiger partial charge in [0, 0.05) is 0 Å². The van der Waals surface area contributed by atoms with Crippen molar-refractivity contribution in [3.8, 4) is 0 Å². The van der Waals surface area contributed by atoms with Crippen LogP contribution in [0.25, 0.3) is 21.5 Å². The van der Waals surface area contributed by atoms with E-state index in [0.717, 1.165) is 0 Å². The molecule has 4 aromatic rings. The molecule has 1 saturated heterocycles. The van der Waals surface area contributed by atoms with E-state index in [0.29, 0.717) is 5.49 Å². The number of rotatable bonds is 0. The molecule has 1 aliphatic heterocycles. The van der Waals surface area contributed by atoms with Gasteiger partial charge in [0.25, 0.3) is 0 Å². The van der Waals surface area contributed by atoms with Crippen LogP contribution in [0.4, 0.5) is 0 Å². The zero-order chi connectivity index (χ0) is 25.1. The first-order chi connectivity index (χ1) is 15.9. The molecule has 0 aliphatic carbocycles. The predicted molar refractivity (Wildman–Crippen MR) is 151 cm³/mol. The van der Waals surface area contributed by atoms with Crippen LogP contribution in [-0.4, -0.2) is 5.49 Å². The first-order valence-electron chi connectivity index (χ1n) is 12.8. The Morgan fingerprint density at radius 2 is 1.03 bits per heavy atom. The quantitative estimate of drug-likeness (QED) is 0.194. The summed E-state index contributed by atoms with van der Waals surface area (Å²) < 4.78 is 0. The molecule has 1 aliphatic rings. The fourth-order valence-corrected chi connectivity index (χ4v) is 10.3. The van der Waals surface area contributed by atoms with Crippen molar-refractivity contribution < 1.29 is 47.8 Å². The Morgan fingerprint density at radius 3 is 1.31 bits per heavy atom. The second-order valence-corrected chi connectivity index (χ2v) is 21.8. The number of hydrogen-bond acceptors (Lipinski definition) is 0. The van der Waals surface area contributed by atoms with E-state index >= 15 is 0 Å². The molecule has 1 heterocycles. The standard InChI is InChI=1S/2C14H17.C4H8Si.2ClH.Hf/c2*1-10-8-11-6-5-7-13(12(11)9-10)14(2,3)4;1-2-4-5-3-1;;;/h2*5-9H,1-4H3;1-4H2;2*1H;/q2*-1;;;;+2/p-2. The molecular weight excluding hydrogens is 662 g/mol. The van der Waals surface area contributed by atoms with Gasteiger partial charge in [0.05, 0.1) is 0 Å². The Balaban J connectivity index is 0.000000281. The number of benzene rings is 2. The SMILES string of the molecule is Cc1cc2c(C(C)(C)C)cccc2[cH-]1.Cc1cc2c(C(C)(C)C)cccc2[cH-]1.[Cl-].[Cl-].[Hf+2]=[Si]1CCCC1. The summed E-state index contributed by atoms with van der Waals surface area (Å²) in [6, 6.07) is 25.6. The third-order valence-corrected chi connectivity index (χ3v) is 13.9. The fourth-order valence-electron chi connectivity index (χ4n) is 4.88. The van der Waals surface area contributed by atoms with Crippen molar-refractivity contribution in [2.45, 2.75) is 91.1 Å². The van der Waals surface area contributed by atoms with E-state index in [1.54, 1.807) is 47.9 Å². The zero-order valence-corrected chi connectivity index (χ0v) is 29.5. The number of halogens is 2. The average molecular weight is 704 g/mol. The van der Waals surface area contributed by atoms with E-state index in [2.05, 4.69) is 116 Å². The second kappa shape index (κ2) is 13.9. The van der Waals surface area contributed by atoms with Gasteiger partial charge in [0.15, 0.2) is 0 Å². The van der Waals surface area contributed by atoms with Gasteiger partial charge in [0.1, 0.15) is 0 Å². The summed E-state index contributed by atoms with van der Waals surface area (Å²) in [7, 11) is 0. The van der Waals surface area contributed by atoms with Crippen LogP contribution in [0.1, 0.15) is 76.6 Å². The predicted octanol–water partition coefficient (Wildman–Crippen LogP) is 3.66. The van der Waals surface area contributed by atoms with Crippen molar-refractivity contribution in [3.05, 3.63) is 82.9 Å². The summed E-state index contributed by atoms with van der Waals surface area (Å²) in [6.45, 7) is 17.9. The van der Waals surface area contributed by atoms with Gasteiger partial charge in [-0.25, -0.2) is 0 Å². The van der Waals surface area contributed by atoms with Crippen molar-refractivity contribution in [1.82, 2.24) is 0 Å². The summed E-state index contributed by atoms with van der Waals surface area (Å²) in [5.74, 6) is 0. The van der Waals surface area contributed by atoms with Crippen LogP contribution in [0, 0.1) is 13.8 Å². The van der Waals surface area contributed by atoms with E-state index in [1.807, 2.05) is 0 Å². The second-order valence-electron chi connectivity index (χ2n) is 12.0. The molecule has 4 heteroatoms. The van der Waals surface area contributed by atoms with Gasteiger partial charge in [-0.15, -0.1) is 69.1 Å². The third-order valence-electron chi connectivity index (χ3n) is 6.61. The average Bonchev–Trinajstić information content (AvgIpc) is 3.44. The van der Waals surface area contributed by atoms with Gasteiger partial charge in [-0.1, -0.05) is 78.6 Å². The minimum atomic E-state index is 0. The van der Waals surface area contributed by atoms with Crippen LogP contribution < -0.4 is 24.8 Å². The van der Waals surface area contributed by atoms with E-state index in [-0.39, 0.29) is 35.6 Å². The molecule has 0 saturated carbocycles. The van der Waals surface area contributed by atoms with Crippen molar-refractivity contribution >= 4 is 27.0 Å². The molecule has 1 fully saturated rings. The van der Waals surface area contributed by atoms with Gasteiger partial charge in [-0.2, -0.15) is 12.1 Å². The maximum atomic E-state index is 2.29. The van der Waals surface area contributed by atoms with Crippen LogP contribution >= 0.6 is 0 Å². The summed E-state index contributed by atoms with van der Waals surface area (Å²) in [5, 5.41) is 5.57. The molecule has 5 rings (SSSR count). The normalized spacial score (nSPS) is 13.3. The molecule has 0 nitrogen and oxygen atoms in total. The maximum absolute atomic E-state index is 2.29. The Morgan fingerprint density at radius 1 is 0.667 bits per heavy atom. The Kier molecular flexibility index (Phi) is 12.9. The van der Waals surface area contributed by atoms with Crippen molar-refractivity contribution in [1.29, 1.82) is 0 Å². The van der Waals surface area contributed by atoms with Crippen LogP contribution in [0.5, 0.6) is 0 Å². The number of fused-ring (bicyclic) bond motifs is 2. The van der Waals surface area contributed by atoms with Crippen molar-refractivity contribution in [3.63, 3.8) is 0 Å². The van der Waals surface area contributed by atoms with Gasteiger partial charge in [-0.05, 0) is 10.8 Å². The molecular formula is C32H42Cl2HfSi-2. The molecule has 0 atom stereocenters. The first-order valence-corrected chi connectivity index (χ1v) is 20.1. The minimum absolute atomic E-state index is 0. The summed E-state index contributed by atoms with van der Waals surface area (Å²) in [6.07, 6.45) is 3.13. The van der Waals surface area contributed by atoms with Crippen molar-refractivity contribution in [2.24, 2.45) is 0 Å². The first kappa shape index (κ1) is 33.4. The van der Waals surface area contributed by atoms with Gasteiger partial charge < -0.3 is 24.8 Å². The molecule has 0 radical (unpaired) electrons. The topological polar surface area (TPSA) is 0 Å². The van der Waals surface area contributed by atoms with Crippen LogP contribution in [0.15, 0.2) is 60.7 Å². The third kappa shape index (κ3) is 8.97. The number of aryl methyl sites for hydroxylation is 2. The summed E-state index contributed by atoms with van der Waals surface area (Å²) >= 11 is 1.55. The van der Waals surface area contributed by atoms with Crippen molar-refractivity contribution in [2.75, 3.05) is 0 Å². The Labute approximate surface area is 247 Å². The monoisotopic (exact) mass is 704 g/mol. The summed E-state index contributed by atoms with van der Waals surface area (Å²) in [5.41, 5.74) is 6.47. The van der Waals surface area contributed by atoms with E-state index in [1.165, 1.54) is 43.8 Å². The van der Waals surface area contributed by atoms with Gasteiger partial charge in [0.2, 0.25) is 0 Å². The molecule has 0 spiro atoms. The van der Waals surface area contributed by atoms with Crippen LogP contribution in [0.2, 0.25) is 12.1 Å². The molecule has 194 valence electrons. The molecule has 4 aromatic carbocycles.